The average Bonchev–Trinajstić information content (AvgIpc) is 3.06. The lowest BCUT2D eigenvalue weighted by molar-refractivity contribution is 1.18. The highest BCUT2D eigenvalue weighted by molar-refractivity contribution is 6.30. The van der Waals surface area contributed by atoms with Gasteiger partial charge in [-0.25, -0.2) is 4.98 Å². The first-order chi connectivity index (χ1) is 13.7. The predicted octanol–water partition coefficient (Wildman–Crippen LogP) is 6.25. The number of pyridine rings is 2. The Morgan fingerprint density at radius 1 is 0.929 bits per heavy atom. The zero-order valence-electron chi connectivity index (χ0n) is 15.2. The van der Waals surface area contributed by atoms with Crippen LogP contribution in [-0.4, -0.2) is 14.4 Å². The Morgan fingerprint density at radius 3 is 2.68 bits per heavy atom. The first kappa shape index (κ1) is 16.8. The van der Waals surface area contributed by atoms with Gasteiger partial charge in [-0.1, -0.05) is 54.1 Å². The maximum atomic E-state index is 6.29. The second-order valence-corrected chi connectivity index (χ2v) is 7.14. The summed E-state index contributed by atoms with van der Waals surface area (Å²) in [5.74, 6) is 0.866. The summed E-state index contributed by atoms with van der Waals surface area (Å²) < 4.78 is 1.99. The summed E-state index contributed by atoms with van der Waals surface area (Å²) >= 11 is 6.29. The van der Waals surface area contributed by atoms with Gasteiger partial charge in [0.2, 0.25) is 0 Å². The lowest BCUT2D eigenvalue weighted by atomic mass is 10.1. The van der Waals surface area contributed by atoms with Crippen LogP contribution in [0.25, 0.3) is 27.8 Å². The standard InChI is InChI=1S/C23H17ClN4/c1-15-6-2-3-10-19(15)26-23-22(27-20-12-11-17(24)14-28(20)23)18-9-4-7-16-8-5-13-25-21(16)18/h2-14,26H,1H3. The number of aryl methyl sites for hydroxylation is 1. The van der Waals surface area contributed by atoms with Crippen molar-refractivity contribution < 1.29 is 0 Å². The number of hydrogen-bond acceptors (Lipinski definition) is 3. The number of para-hydroxylation sites is 2. The molecule has 5 rings (SSSR count). The number of rotatable bonds is 3. The van der Waals surface area contributed by atoms with Crippen LogP contribution in [0.4, 0.5) is 11.5 Å². The van der Waals surface area contributed by atoms with E-state index in [4.69, 9.17) is 16.6 Å². The molecule has 0 saturated carbocycles. The highest BCUT2D eigenvalue weighted by Crippen LogP contribution is 2.35. The number of fused-ring (bicyclic) bond motifs is 2. The Bertz CT molecular complexity index is 1320. The third-order valence-electron chi connectivity index (χ3n) is 4.87. The Kier molecular flexibility index (Phi) is 3.99. The number of imidazole rings is 1. The molecule has 3 aromatic heterocycles. The van der Waals surface area contributed by atoms with Crippen LogP contribution in [0.1, 0.15) is 5.56 Å². The molecule has 3 heterocycles. The van der Waals surface area contributed by atoms with Crippen LogP contribution in [0.5, 0.6) is 0 Å². The number of benzene rings is 2. The summed E-state index contributed by atoms with van der Waals surface area (Å²) in [5.41, 5.74) is 5.75. The Labute approximate surface area is 167 Å². The molecule has 0 bridgehead atoms. The van der Waals surface area contributed by atoms with Crippen molar-refractivity contribution >= 4 is 39.7 Å². The molecule has 0 saturated heterocycles. The van der Waals surface area contributed by atoms with E-state index in [-0.39, 0.29) is 0 Å². The molecule has 1 N–H and O–H groups in total. The fourth-order valence-electron chi connectivity index (χ4n) is 3.46. The third kappa shape index (κ3) is 2.79. The number of nitrogens with zero attached hydrogens (tertiary/aromatic N) is 3. The summed E-state index contributed by atoms with van der Waals surface area (Å²) in [6.45, 7) is 2.08. The Morgan fingerprint density at radius 2 is 1.79 bits per heavy atom. The minimum atomic E-state index is 0.653. The Hall–Kier alpha value is -3.37. The fourth-order valence-corrected chi connectivity index (χ4v) is 3.62. The van der Waals surface area contributed by atoms with Gasteiger partial charge in [0.25, 0.3) is 0 Å². The number of aromatic nitrogens is 3. The van der Waals surface area contributed by atoms with E-state index in [1.165, 1.54) is 0 Å². The molecule has 0 radical (unpaired) electrons. The SMILES string of the molecule is Cc1ccccc1Nc1c(-c2cccc3cccnc23)nc2ccc(Cl)cn12. The van der Waals surface area contributed by atoms with E-state index in [9.17, 15) is 0 Å². The van der Waals surface area contributed by atoms with Crippen molar-refractivity contribution in [1.82, 2.24) is 14.4 Å². The van der Waals surface area contributed by atoms with Crippen molar-refractivity contribution in [2.24, 2.45) is 0 Å². The lowest BCUT2D eigenvalue weighted by Gasteiger charge is -2.12. The molecule has 28 heavy (non-hydrogen) atoms. The van der Waals surface area contributed by atoms with Crippen LogP contribution in [0.2, 0.25) is 5.02 Å². The molecule has 0 amide bonds. The molecule has 136 valence electrons. The molecule has 0 fully saturated rings. The normalized spacial score (nSPS) is 11.2. The van der Waals surface area contributed by atoms with Crippen LogP contribution in [-0.2, 0) is 0 Å². The minimum Gasteiger partial charge on any atom is -0.339 e. The maximum Gasteiger partial charge on any atom is 0.143 e. The molecule has 0 aliphatic heterocycles. The number of hydrogen-bond donors (Lipinski definition) is 1. The second kappa shape index (κ2) is 6.66. The van der Waals surface area contributed by atoms with Crippen molar-refractivity contribution in [2.75, 3.05) is 5.32 Å². The molecule has 5 aromatic rings. The molecule has 0 aliphatic rings. The number of nitrogens with one attached hydrogen (secondary N) is 1. The van der Waals surface area contributed by atoms with E-state index in [0.717, 1.165) is 44.9 Å². The van der Waals surface area contributed by atoms with Crippen LogP contribution >= 0.6 is 11.6 Å². The van der Waals surface area contributed by atoms with Gasteiger partial charge in [0.15, 0.2) is 0 Å². The molecular weight excluding hydrogens is 368 g/mol. The molecular formula is C23H17ClN4. The average molecular weight is 385 g/mol. The minimum absolute atomic E-state index is 0.653. The van der Waals surface area contributed by atoms with E-state index >= 15 is 0 Å². The van der Waals surface area contributed by atoms with E-state index < -0.39 is 0 Å². The Balaban J connectivity index is 1.80. The predicted molar refractivity (Wildman–Crippen MR) is 115 cm³/mol. The van der Waals surface area contributed by atoms with Gasteiger partial charge in [0.05, 0.1) is 10.5 Å². The van der Waals surface area contributed by atoms with Gasteiger partial charge >= 0.3 is 0 Å². The topological polar surface area (TPSA) is 42.2 Å². The van der Waals surface area contributed by atoms with Gasteiger partial charge in [0, 0.05) is 29.0 Å². The van der Waals surface area contributed by atoms with Crippen molar-refractivity contribution in [3.05, 3.63) is 89.7 Å². The van der Waals surface area contributed by atoms with Gasteiger partial charge in [-0.15, -0.1) is 0 Å². The quantitative estimate of drug-likeness (QED) is 0.399. The molecule has 4 nitrogen and oxygen atoms in total. The third-order valence-corrected chi connectivity index (χ3v) is 5.09. The van der Waals surface area contributed by atoms with E-state index in [1.54, 1.807) is 0 Å². The zero-order valence-corrected chi connectivity index (χ0v) is 16.0. The summed E-state index contributed by atoms with van der Waals surface area (Å²) in [4.78, 5) is 9.51. The first-order valence-electron chi connectivity index (χ1n) is 9.05. The van der Waals surface area contributed by atoms with E-state index in [1.807, 2.05) is 53.2 Å². The molecule has 5 heteroatoms. The zero-order chi connectivity index (χ0) is 19.1. The summed E-state index contributed by atoms with van der Waals surface area (Å²) in [5, 5.41) is 5.30. The largest absolute Gasteiger partial charge is 0.339 e. The van der Waals surface area contributed by atoms with Gasteiger partial charge in [-0.05, 0) is 36.8 Å². The monoisotopic (exact) mass is 384 g/mol. The second-order valence-electron chi connectivity index (χ2n) is 6.71. The van der Waals surface area contributed by atoms with Crippen molar-refractivity contribution in [1.29, 1.82) is 0 Å². The van der Waals surface area contributed by atoms with Gasteiger partial charge in [-0.3, -0.25) is 9.38 Å². The van der Waals surface area contributed by atoms with E-state index in [2.05, 4.69) is 47.6 Å². The number of halogens is 1. The fraction of sp³-hybridized carbons (Fsp3) is 0.0435. The molecule has 0 spiro atoms. The summed E-state index contributed by atoms with van der Waals surface area (Å²) in [7, 11) is 0. The highest BCUT2D eigenvalue weighted by Gasteiger charge is 2.17. The van der Waals surface area contributed by atoms with Crippen LogP contribution in [0.15, 0.2) is 79.1 Å². The maximum absolute atomic E-state index is 6.29. The molecule has 2 aromatic carbocycles. The summed E-state index contributed by atoms with van der Waals surface area (Å²) in [6.07, 6.45) is 3.69. The van der Waals surface area contributed by atoms with Gasteiger partial charge in [0.1, 0.15) is 17.2 Å². The van der Waals surface area contributed by atoms with E-state index in [0.29, 0.717) is 5.02 Å². The van der Waals surface area contributed by atoms with Gasteiger partial charge in [-0.2, -0.15) is 0 Å². The highest BCUT2D eigenvalue weighted by atomic mass is 35.5. The van der Waals surface area contributed by atoms with Gasteiger partial charge < -0.3 is 5.32 Å². The molecule has 0 aliphatic carbocycles. The van der Waals surface area contributed by atoms with Crippen molar-refractivity contribution in [3.63, 3.8) is 0 Å². The van der Waals surface area contributed by atoms with Crippen LogP contribution in [0.3, 0.4) is 0 Å². The van der Waals surface area contributed by atoms with Crippen LogP contribution in [0, 0.1) is 6.92 Å². The summed E-state index contributed by atoms with van der Waals surface area (Å²) in [6, 6.07) is 22.1. The first-order valence-corrected chi connectivity index (χ1v) is 9.43. The lowest BCUT2D eigenvalue weighted by Crippen LogP contribution is -1.99. The number of anilines is 2. The molecule has 0 unspecified atom stereocenters. The van der Waals surface area contributed by atoms with Crippen molar-refractivity contribution in [2.45, 2.75) is 6.92 Å². The van der Waals surface area contributed by atoms with Crippen LogP contribution < -0.4 is 5.32 Å². The smallest absolute Gasteiger partial charge is 0.143 e. The molecule has 0 atom stereocenters. The van der Waals surface area contributed by atoms with Crippen molar-refractivity contribution in [3.8, 4) is 11.3 Å².